The number of ether oxygens (including phenoxy) is 1. The van der Waals surface area contributed by atoms with Crippen molar-refractivity contribution in [1.82, 2.24) is 0 Å². The van der Waals surface area contributed by atoms with Gasteiger partial charge in [-0.1, -0.05) is 26.7 Å². The van der Waals surface area contributed by atoms with Crippen LogP contribution in [0.4, 0.5) is 0 Å². The first-order chi connectivity index (χ1) is 8.65. The van der Waals surface area contributed by atoms with Crippen LogP contribution >= 0.6 is 0 Å². The molecule has 1 aliphatic heterocycles. The van der Waals surface area contributed by atoms with Crippen LogP contribution < -0.4 is 0 Å². The van der Waals surface area contributed by atoms with E-state index in [2.05, 4.69) is 13.8 Å². The number of carbonyl (C=O) groups excluding carboxylic acids is 1. The van der Waals surface area contributed by atoms with Crippen molar-refractivity contribution in [3.05, 3.63) is 0 Å². The highest BCUT2D eigenvalue weighted by molar-refractivity contribution is 5.69. The largest absolute Gasteiger partial charge is 0.462 e. The van der Waals surface area contributed by atoms with E-state index >= 15 is 0 Å². The van der Waals surface area contributed by atoms with Gasteiger partial charge >= 0.3 is 5.97 Å². The van der Waals surface area contributed by atoms with Crippen LogP contribution in [0.15, 0.2) is 0 Å². The topological polar surface area (TPSA) is 26.3 Å². The van der Waals surface area contributed by atoms with E-state index in [9.17, 15) is 4.79 Å². The molecule has 0 radical (unpaired) electrons. The number of hydrogen-bond acceptors (Lipinski definition) is 2. The van der Waals surface area contributed by atoms with Crippen LogP contribution in [0.2, 0.25) is 0 Å². The number of hydrogen-bond donors (Lipinski definition) is 0. The normalized spacial score (nSPS) is 35.7. The summed E-state index contributed by atoms with van der Waals surface area (Å²) in [6.07, 6.45) is 10.7. The van der Waals surface area contributed by atoms with Crippen LogP contribution in [-0.4, -0.2) is 12.1 Å². The van der Waals surface area contributed by atoms with Crippen molar-refractivity contribution in [2.75, 3.05) is 0 Å². The highest BCUT2D eigenvalue weighted by Crippen LogP contribution is 2.36. The fraction of sp³-hybridized carbons (Fsp3) is 0.938. The fourth-order valence-corrected chi connectivity index (χ4v) is 3.57. The minimum Gasteiger partial charge on any atom is -0.462 e. The third kappa shape index (κ3) is 4.00. The molecule has 2 fully saturated rings. The molecule has 1 saturated carbocycles. The second kappa shape index (κ2) is 6.58. The van der Waals surface area contributed by atoms with Gasteiger partial charge in [-0.25, -0.2) is 0 Å². The van der Waals surface area contributed by atoms with Crippen molar-refractivity contribution < 1.29 is 9.53 Å². The van der Waals surface area contributed by atoms with Crippen molar-refractivity contribution in [2.45, 2.75) is 77.7 Å². The van der Waals surface area contributed by atoms with Gasteiger partial charge < -0.3 is 4.74 Å². The summed E-state index contributed by atoms with van der Waals surface area (Å²) in [5.74, 6) is 2.53. The lowest BCUT2D eigenvalue weighted by Gasteiger charge is -2.32. The lowest BCUT2D eigenvalue weighted by molar-refractivity contribution is -0.148. The zero-order valence-electron chi connectivity index (χ0n) is 12.0. The Kier molecular flexibility index (Phi) is 5.08. The van der Waals surface area contributed by atoms with Crippen molar-refractivity contribution in [1.29, 1.82) is 0 Å². The van der Waals surface area contributed by atoms with Gasteiger partial charge in [0.15, 0.2) is 0 Å². The molecule has 0 aromatic rings. The zero-order valence-corrected chi connectivity index (χ0v) is 12.0. The molecule has 0 N–H and O–H groups in total. The number of cyclic esters (lactones) is 1. The van der Waals surface area contributed by atoms with Crippen LogP contribution in [0.1, 0.15) is 71.6 Å². The average Bonchev–Trinajstić information content (AvgIpc) is 2.54. The van der Waals surface area contributed by atoms with E-state index in [0.717, 1.165) is 37.5 Å². The van der Waals surface area contributed by atoms with Crippen molar-refractivity contribution >= 4 is 5.97 Å². The molecule has 1 heterocycles. The van der Waals surface area contributed by atoms with E-state index in [1.165, 1.54) is 25.7 Å². The summed E-state index contributed by atoms with van der Waals surface area (Å²) in [5.41, 5.74) is 0. The van der Waals surface area contributed by atoms with Crippen molar-refractivity contribution in [3.63, 3.8) is 0 Å². The third-order valence-corrected chi connectivity index (χ3v) is 4.96. The molecule has 18 heavy (non-hydrogen) atoms. The van der Waals surface area contributed by atoms with E-state index in [-0.39, 0.29) is 12.1 Å². The van der Waals surface area contributed by atoms with Gasteiger partial charge in [0.25, 0.3) is 0 Å². The molecule has 104 valence electrons. The Morgan fingerprint density at radius 3 is 2.61 bits per heavy atom. The number of carbonyl (C=O) groups is 1. The first kappa shape index (κ1) is 13.9. The van der Waals surface area contributed by atoms with E-state index in [4.69, 9.17) is 4.74 Å². The summed E-state index contributed by atoms with van der Waals surface area (Å²) in [6, 6.07) is 0. The Bertz CT molecular complexity index is 266. The second-order valence-electron chi connectivity index (χ2n) is 6.59. The zero-order chi connectivity index (χ0) is 13.0. The summed E-state index contributed by atoms with van der Waals surface area (Å²) < 4.78 is 5.55. The fourth-order valence-electron chi connectivity index (χ4n) is 3.57. The monoisotopic (exact) mass is 252 g/mol. The van der Waals surface area contributed by atoms with Gasteiger partial charge in [0.2, 0.25) is 0 Å². The van der Waals surface area contributed by atoms with Crippen LogP contribution in [0.5, 0.6) is 0 Å². The molecule has 1 aliphatic carbocycles. The van der Waals surface area contributed by atoms with Gasteiger partial charge in [-0.15, -0.1) is 0 Å². The van der Waals surface area contributed by atoms with Gasteiger partial charge in [0, 0.05) is 6.42 Å². The molecule has 0 aromatic carbocycles. The van der Waals surface area contributed by atoms with E-state index < -0.39 is 0 Å². The SMILES string of the molecule is CC1CCC(C(C)CC2CCCCC(=O)O2)CC1. The van der Waals surface area contributed by atoms with Crippen molar-refractivity contribution in [3.8, 4) is 0 Å². The molecule has 2 heteroatoms. The maximum atomic E-state index is 11.5. The first-order valence-corrected chi connectivity index (χ1v) is 7.84. The summed E-state index contributed by atoms with van der Waals surface area (Å²) in [6.45, 7) is 4.73. The highest BCUT2D eigenvalue weighted by atomic mass is 16.5. The standard InChI is InChI=1S/C16H28O2/c1-12-7-9-14(10-8-12)13(2)11-15-5-3-4-6-16(17)18-15/h12-15H,3-11H2,1-2H3. The lowest BCUT2D eigenvalue weighted by atomic mass is 9.75. The Morgan fingerprint density at radius 2 is 1.89 bits per heavy atom. The van der Waals surface area contributed by atoms with E-state index in [0.29, 0.717) is 12.3 Å². The maximum Gasteiger partial charge on any atom is 0.306 e. The third-order valence-electron chi connectivity index (χ3n) is 4.96. The first-order valence-electron chi connectivity index (χ1n) is 7.84. The molecular formula is C16H28O2. The molecule has 0 spiro atoms. The van der Waals surface area contributed by atoms with Gasteiger partial charge in [-0.3, -0.25) is 4.79 Å². The molecule has 0 bridgehead atoms. The van der Waals surface area contributed by atoms with Gasteiger partial charge in [-0.05, 0) is 56.3 Å². The Hall–Kier alpha value is -0.530. The summed E-state index contributed by atoms with van der Waals surface area (Å²) in [4.78, 5) is 11.5. The number of esters is 1. The quantitative estimate of drug-likeness (QED) is 0.699. The van der Waals surface area contributed by atoms with Gasteiger partial charge in [0.05, 0.1) is 0 Å². The molecular weight excluding hydrogens is 224 g/mol. The molecule has 2 atom stereocenters. The maximum absolute atomic E-state index is 11.5. The molecule has 2 aliphatic rings. The Balaban J connectivity index is 1.78. The molecule has 2 unspecified atom stereocenters. The summed E-state index contributed by atoms with van der Waals surface area (Å²) in [7, 11) is 0. The molecule has 2 rings (SSSR count). The predicted molar refractivity (Wildman–Crippen MR) is 73.3 cm³/mol. The summed E-state index contributed by atoms with van der Waals surface area (Å²) >= 11 is 0. The summed E-state index contributed by atoms with van der Waals surface area (Å²) in [5, 5.41) is 0. The molecule has 0 amide bonds. The minimum atomic E-state index is 0.0296. The van der Waals surface area contributed by atoms with Crippen LogP contribution in [0, 0.1) is 17.8 Å². The van der Waals surface area contributed by atoms with Crippen molar-refractivity contribution in [2.24, 2.45) is 17.8 Å². The second-order valence-corrected chi connectivity index (χ2v) is 6.59. The molecule has 2 nitrogen and oxygen atoms in total. The highest BCUT2D eigenvalue weighted by Gasteiger charge is 2.27. The molecule has 0 aromatic heterocycles. The van der Waals surface area contributed by atoms with Crippen LogP contribution in [0.3, 0.4) is 0 Å². The van der Waals surface area contributed by atoms with E-state index in [1.54, 1.807) is 0 Å². The predicted octanol–water partition coefficient (Wildman–Crippen LogP) is 4.32. The van der Waals surface area contributed by atoms with E-state index in [1.807, 2.05) is 0 Å². The average molecular weight is 252 g/mol. The van der Waals surface area contributed by atoms with Gasteiger partial charge in [0.1, 0.15) is 6.10 Å². The smallest absolute Gasteiger partial charge is 0.306 e. The van der Waals surface area contributed by atoms with Crippen LogP contribution in [-0.2, 0) is 9.53 Å². The Morgan fingerprint density at radius 1 is 1.17 bits per heavy atom. The number of rotatable bonds is 3. The van der Waals surface area contributed by atoms with Crippen LogP contribution in [0.25, 0.3) is 0 Å². The Labute approximate surface area is 111 Å². The minimum absolute atomic E-state index is 0.0296. The lowest BCUT2D eigenvalue weighted by Crippen LogP contribution is -2.25. The molecule has 1 saturated heterocycles. The van der Waals surface area contributed by atoms with Gasteiger partial charge in [-0.2, -0.15) is 0 Å².